The molecular weight excluding hydrogens is 478 g/mol. The van der Waals surface area contributed by atoms with Gasteiger partial charge in [-0.3, -0.25) is 4.90 Å². The summed E-state index contributed by atoms with van der Waals surface area (Å²) in [4.78, 5) is 7.40. The number of nitrogens with zero attached hydrogens (tertiary/aromatic N) is 2. The predicted octanol–water partition coefficient (Wildman–Crippen LogP) is 6.86. The van der Waals surface area contributed by atoms with Gasteiger partial charge in [-0.15, -0.1) is 0 Å². The standard InChI is InChI=1S/C30H37N3O2.CH4S/c1-4-6-7-10-26-25-20-22(5-2)12-15-27(25)35-30(32-26)16-18-33(19-17-30)21-24-14-13-23-9-8-11-28(34-3)29(23)31-24;1-2/h8-15,20,32H,4-7,16-19,21H2,1-3H3;2H,1H3/b26-10-;. The number of aryl methyl sites for hydroxylation is 1. The largest absolute Gasteiger partial charge is 0.494 e. The van der Waals surface area contributed by atoms with E-state index in [4.69, 9.17) is 14.5 Å². The summed E-state index contributed by atoms with van der Waals surface area (Å²) in [6, 6.07) is 17.0. The molecule has 1 spiro atoms. The first kappa shape index (κ1) is 27.3. The summed E-state index contributed by atoms with van der Waals surface area (Å²) in [5.74, 6) is 1.84. The molecule has 1 aromatic heterocycles. The Kier molecular flexibility index (Phi) is 9.38. The first-order valence-corrected chi connectivity index (χ1v) is 14.4. The van der Waals surface area contributed by atoms with Crippen LogP contribution in [0.15, 0.2) is 54.6 Å². The molecule has 0 atom stereocenters. The number of allylic oxidation sites excluding steroid dienone is 1. The summed E-state index contributed by atoms with van der Waals surface area (Å²) in [5, 5.41) is 4.95. The molecule has 0 bridgehead atoms. The number of pyridine rings is 1. The quantitative estimate of drug-likeness (QED) is 0.264. The third-order valence-electron chi connectivity index (χ3n) is 7.33. The Hall–Kier alpha value is -2.70. The van der Waals surface area contributed by atoms with Gasteiger partial charge in [-0.05, 0) is 55.3 Å². The van der Waals surface area contributed by atoms with E-state index in [1.165, 1.54) is 29.7 Å². The van der Waals surface area contributed by atoms with Crippen molar-refractivity contribution in [2.24, 2.45) is 0 Å². The number of thiol groups is 1. The van der Waals surface area contributed by atoms with Crippen molar-refractivity contribution >= 4 is 29.2 Å². The number of unbranched alkanes of at least 4 members (excludes halogenated alkanes) is 2. The maximum atomic E-state index is 6.67. The molecule has 3 heterocycles. The van der Waals surface area contributed by atoms with Gasteiger partial charge >= 0.3 is 0 Å². The average Bonchev–Trinajstić information content (AvgIpc) is 2.95. The predicted molar refractivity (Wildman–Crippen MR) is 158 cm³/mol. The highest BCUT2D eigenvalue weighted by molar-refractivity contribution is 7.79. The highest BCUT2D eigenvalue weighted by atomic mass is 32.1. The summed E-state index contributed by atoms with van der Waals surface area (Å²) in [6.07, 6.45) is 10.5. The molecule has 37 heavy (non-hydrogen) atoms. The van der Waals surface area contributed by atoms with Crippen LogP contribution in [0.5, 0.6) is 11.5 Å². The van der Waals surface area contributed by atoms with E-state index in [2.05, 4.69) is 79.2 Å². The Balaban J connectivity index is 0.00000156. The van der Waals surface area contributed by atoms with Gasteiger partial charge in [0, 0.05) is 49.1 Å². The van der Waals surface area contributed by atoms with Crippen LogP contribution in [0.1, 0.15) is 62.8 Å². The molecule has 5 nitrogen and oxygen atoms in total. The number of ether oxygens (including phenoxy) is 2. The third-order valence-corrected chi connectivity index (χ3v) is 7.33. The number of nitrogens with one attached hydrogen (secondary N) is 1. The molecule has 5 rings (SSSR count). The Morgan fingerprint density at radius 3 is 2.65 bits per heavy atom. The fraction of sp³-hybridized carbons (Fsp3) is 0.452. The lowest BCUT2D eigenvalue weighted by Crippen LogP contribution is -2.58. The normalized spacial score (nSPS) is 17.5. The van der Waals surface area contributed by atoms with E-state index in [1.54, 1.807) is 13.4 Å². The number of hydrogen-bond acceptors (Lipinski definition) is 6. The number of piperidine rings is 1. The molecule has 0 saturated carbocycles. The van der Waals surface area contributed by atoms with Crippen molar-refractivity contribution in [1.82, 2.24) is 15.2 Å². The molecule has 3 aromatic rings. The van der Waals surface area contributed by atoms with Crippen molar-refractivity contribution in [2.45, 2.75) is 64.6 Å². The van der Waals surface area contributed by atoms with Crippen LogP contribution < -0.4 is 14.8 Å². The highest BCUT2D eigenvalue weighted by Gasteiger charge is 2.41. The second kappa shape index (κ2) is 12.7. The van der Waals surface area contributed by atoms with Crippen molar-refractivity contribution in [3.8, 4) is 11.5 Å². The van der Waals surface area contributed by atoms with Crippen molar-refractivity contribution in [1.29, 1.82) is 0 Å². The van der Waals surface area contributed by atoms with Gasteiger partial charge < -0.3 is 14.8 Å². The van der Waals surface area contributed by atoms with Gasteiger partial charge in [0.15, 0.2) is 5.72 Å². The Bertz CT molecular complexity index is 1220. The van der Waals surface area contributed by atoms with Crippen molar-refractivity contribution in [3.05, 3.63) is 71.4 Å². The van der Waals surface area contributed by atoms with Gasteiger partial charge in [0.2, 0.25) is 0 Å². The zero-order chi connectivity index (χ0) is 26.3. The number of methoxy groups -OCH3 is 1. The molecular formula is C31H41N3O2S. The Morgan fingerprint density at radius 2 is 1.92 bits per heavy atom. The fourth-order valence-corrected chi connectivity index (χ4v) is 5.20. The van der Waals surface area contributed by atoms with E-state index in [-0.39, 0.29) is 5.72 Å². The summed E-state index contributed by atoms with van der Waals surface area (Å²) < 4.78 is 12.2. The van der Waals surface area contributed by atoms with Crippen LogP contribution in [-0.2, 0) is 13.0 Å². The third kappa shape index (κ3) is 6.24. The smallest absolute Gasteiger partial charge is 0.183 e. The maximum absolute atomic E-state index is 6.67. The molecule has 2 aliphatic rings. The van der Waals surface area contributed by atoms with Gasteiger partial charge in [-0.25, -0.2) is 4.98 Å². The number of rotatable bonds is 7. The van der Waals surface area contributed by atoms with Crippen LogP contribution in [0, 0.1) is 0 Å². The van der Waals surface area contributed by atoms with Crippen LogP contribution in [-0.4, -0.2) is 42.1 Å². The lowest BCUT2D eigenvalue weighted by molar-refractivity contribution is -0.0209. The minimum Gasteiger partial charge on any atom is -0.494 e. The minimum atomic E-state index is -0.338. The number of fused-ring (bicyclic) bond motifs is 2. The monoisotopic (exact) mass is 519 g/mol. The number of likely N-dealkylation sites (tertiary alicyclic amines) is 1. The average molecular weight is 520 g/mol. The Morgan fingerprint density at radius 1 is 1.11 bits per heavy atom. The lowest BCUT2D eigenvalue weighted by atomic mass is 9.94. The molecule has 6 heteroatoms. The highest BCUT2D eigenvalue weighted by Crippen LogP contribution is 2.39. The first-order chi connectivity index (χ1) is 18.1. The minimum absolute atomic E-state index is 0.338. The van der Waals surface area contributed by atoms with Crippen LogP contribution in [0.3, 0.4) is 0 Å². The van der Waals surface area contributed by atoms with Crippen molar-refractivity contribution in [2.75, 3.05) is 26.5 Å². The molecule has 198 valence electrons. The molecule has 0 aliphatic carbocycles. The Labute approximate surface area is 227 Å². The number of hydrogen-bond donors (Lipinski definition) is 2. The topological polar surface area (TPSA) is 46.6 Å². The van der Waals surface area contributed by atoms with Crippen LogP contribution in [0.4, 0.5) is 0 Å². The van der Waals surface area contributed by atoms with Crippen molar-refractivity contribution < 1.29 is 9.47 Å². The van der Waals surface area contributed by atoms with E-state index in [0.717, 1.165) is 73.4 Å². The van der Waals surface area contributed by atoms with E-state index in [9.17, 15) is 0 Å². The molecule has 1 saturated heterocycles. The number of benzene rings is 2. The van der Waals surface area contributed by atoms with Gasteiger partial charge in [0.1, 0.15) is 17.0 Å². The summed E-state index contributed by atoms with van der Waals surface area (Å²) in [7, 11) is 1.70. The molecule has 2 aliphatic heterocycles. The van der Waals surface area contributed by atoms with Gasteiger partial charge in [0.05, 0.1) is 12.8 Å². The van der Waals surface area contributed by atoms with E-state index >= 15 is 0 Å². The molecule has 0 radical (unpaired) electrons. The summed E-state index contributed by atoms with van der Waals surface area (Å²) >= 11 is 3.53. The molecule has 0 unspecified atom stereocenters. The van der Waals surface area contributed by atoms with Crippen LogP contribution in [0.25, 0.3) is 16.6 Å². The van der Waals surface area contributed by atoms with Crippen molar-refractivity contribution in [3.63, 3.8) is 0 Å². The molecule has 0 amide bonds. The molecule has 1 N–H and O–H groups in total. The summed E-state index contributed by atoms with van der Waals surface area (Å²) in [6.45, 7) is 7.21. The summed E-state index contributed by atoms with van der Waals surface area (Å²) in [5.41, 5.74) is 5.47. The van der Waals surface area contributed by atoms with E-state index < -0.39 is 0 Å². The van der Waals surface area contributed by atoms with Gasteiger partial charge in [-0.1, -0.05) is 50.6 Å². The maximum Gasteiger partial charge on any atom is 0.183 e. The molecule has 2 aromatic carbocycles. The second-order valence-electron chi connectivity index (χ2n) is 9.78. The lowest BCUT2D eigenvalue weighted by Gasteiger charge is -2.46. The number of aromatic nitrogens is 1. The number of para-hydroxylation sites is 1. The zero-order valence-corrected chi connectivity index (χ0v) is 23.6. The first-order valence-electron chi connectivity index (χ1n) is 13.5. The second-order valence-corrected chi connectivity index (χ2v) is 9.78. The van der Waals surface area contributed by atoms with Gasteiger partial charge in [0.25, 0.3) is 0 Å². The van der Waals surface area contributed by atoms with Crippen LogP contribution in [0.2, 0.25) is 0 Å². The zero-order valence-electron chi connectivity index (χ0n) is 22.7. The fourth-order valence-electron chi connectivity index (χ4n) is 5.20. The van der Waals surface area contributed by atoms with E-state index in [1.807, 2.05) is 12.1 Å². The van der Waals surface area contributed by atoms with Crippen LogP contribution >= 0.6 is 12.6 Å². The SMILES string of the molecule is CCCC/C=C1\NC2(CCN(Cc3ccc4cccc(OC)c4n3)CC2)Oc2ccc(CC)cc21.CS. The van der Waals surface area contributed by atoms with Gasteiger partial charge in [-0.2, -0.15) is 12.6 Å². The van der Waals surface area contributed by atoms with E-state index in [0.29, 0.717) is 0 Å². The molecule has 1 fully saturated rings.